The second-order valence-corrected chi connectivity index (χ2v) is 4.01. The summed E-state index contributed by atoms with van der Waals surface area (Å²) in [5.41, 5.74) is 1.05. The van der Waals surface area contributed by atoms with Crippen molar-refractivity contribution in [1.29, 1.82) is 0 Å². The molecule has 2 nitrogen and oxygen atoms in total. The third kappa shape index (κ3) is 1.10. The van der Waals surface area contributed by atoms with Crippen molar-refractivity contribution in [3.63, 3.8) is 0 Å². The summed E-state index contributed by atoms with van der Waals surface area (Å²) >= 11 is 0. The normalized spacial score (nSPS) is 37.7. The lowest BCUT2D eigenvalue weighted by Gasteiger charge is -2.27. The van der Waals surface area contributed by atoms with Gasteiger partial charge in [0.2, 0.25) is 0 Å². The van der Waals surface area contributed by atoms with Crippen molar-refractivity contribution < 1.29 is 4.74 Å². The zero-order valence-electron chi connectivity index (χ0n) is 7.94. The molecule has 0 aromatic carbocycles. The molecule has 1 fully saturated rings. The maximum Gasteiger partial charge on any atom is 0.199 e. The molecule has 1 N–H and O–H groups in total. The number of allylic oxidation sites excluding steroid dienone is 6. The zero-order valence-corrected chi connectivity index (χ0v) is 7.94. The van der Waals surface area contributed by atoms with Crippen molar-refractivity contribution in [3.8, 4) is 0 Å². The summed E-state index contributed by atoms with van der Waals surface area (Å²) in [7, 11) is 0. The van der Waals surface area contributed by atoms with Crippen LogP contribution in [0, 0.1) is 5.92 Å². The molecule has 14 heavy (non-hydrogen) atoms. The molecule has 3 aliphatic rings. The molecule has 1 aliphatic carbocycles. The molecule has 2 aliphatic heterocycles. The molecular formula is C12H13NO. The van der Waals surface area contributed by atoms with Crippen molar-refractivity contribution in [1.82, 2.24) is 5.32 Å². The van der Waals surface area contributed by atoms with Gasteiger partial charge in [-0.1, -0.05) is 18.2 Å². The lowest BCUT2D eigenvalue weighted by atomic mass is 9.94. The van der Waals surface area contributed by atoms with E-state index >= 15 is 0 Å². The molecule has 0 aromatic rings. The lowest BCUT2D eigenvalue weighted by molar-refractivity contribution is 0.0497. The maximum atomic E-state index is 5.67. The SMILES string of the molecule is C1=CCC2CC3(C=CC=CO3)NC2=C1. The largest absolute Gasteiger partial charge is 0.472 e. The highest BCUT2D eigenvalue weighted by Crippen LogP contribution is 2.38. The van der Waals surface area contributed by atoms with Crippen LogP contribution in [0.3, 0.4) is 0 Å². The number of fused-ring (bicyclic) bond motifs is 1. The molecule has 2 unspecified atom stereocenters. The van der Waals surface area contributed by atoms with Crippen LogP contribution < -0.4 is 5.32 Å². The molecule has 0 amide bonds. The second-order valence-electron chi connectivity index (χ2n) is 4.01. The first-order chi connectivity index (χ1) is 6.88. The fourth-order valence-corrected chi connectivity index (χ4v) is 2.32. The first-order valence-corrected chi connectivity index (χ1v) is 5.05. The van der Waals surface area contributed by atoms with E-state index in [1.165, 1.54) is 5.70 Å². The summed E-state index contributed by atoms with van der Waals surface area (Å²) in [6, 6.07) is 0. The Balaban J connectivity index is 1.88. The van der Waals surface area contributed by atoms with E-state index in [0.717, 1.165) is 12.8 Å². The van der Waals surface area contributed by atoms with E-state index in [1.807, 2.05) is 12.2 Å². The number of hydrogen-bond donors (Lipinski definition) is 1. The molecule has 2 heterocycles. The van der Waals surface area contributed by atoms with Gasteiger partial charge in [0.1, 0.15) is 0 Å². The van der Waals surface area contributed by atoms with Gasteiger partial charge in [-0.05, 0) is 24.6 Å². The highest BCUT2D eigenvalue weighted by Gasteiger charge is 2.41. The number of nitrogens with one attached hydrogen (secondary N) is 1. The van der Waals surface area contributed by atoms with Gasteiger partial charge in [0.25, 0.3) is 0 Å². The van der Waals surface area contributed by atoms with Crippen LogP contribution in [0.2, 0.25) is 0 Å². The van der Waals surface area contributed by atoms with Crippen molar-refractivity contribution in [2.75, 3.05) is 0 Å². The molecule has 2 atom stereocenters. The predicted molar refractivity (Wildman–Crippen MR) is 55.2 cm³/mol. The monoisotopic (exact) mass is 187 g/mol. The van der Waals surface area contributed by atoms with E-state index in [1.54, 1.807) is 6.26 Å². The van der Waals surface area contributed by atoms with Gasteiger partial charge in [-0.3, -0.25) is 0 Å². The van der Waals surface area contributed by atoms with Gasteiger partial charge < -0.3 is 10.1 Å². The van der Waals surface area contributed by atoms with Crippen molar-refractivity contribution in [2.24, 2.45) is 5.92 Å². The van der Waals surface area contributed by atoms with E-state index < -0.39 is 0 Å². The number of ether oxygens (including phenoxy) is 1. The topological polar surface area (TPSA) is 21.3 Å². The fraction of sp³-hybridized carbons (Fsp3) is 0.333. The minimum Gasteiger partial charge on any atom is -0.472 e. The number of rotatable bonds is 0. The highest BCUT2D eigenvalue weighted by molar-refractivity contribution is 5.29. The van der Waals surface area contributed by atoms with Crippen molar-refractivity contribution in [2.45, 2.75) is 18.6 Å². The van der Waals surface area contributed by atoms with Gasteiger partial charge in [-0.25, -0.2) is 0 Å². The molecule has 0 saturated carbocycles. The molecule has 3 rings (SSSR count). The summed E-state index contributed by atoms with van der Waals surface area (Å²) in [5, 5.41) is 3.46. The van der Waals surface area contributed by atoms with Crippen LogP contribution >= 0.6 is 0 Å². The molecule has 1 spiro atoms. The van der Waals surface area contributed by atoms with Crippen LogP contribution in [-0.4, -0.2) is 5.72 Å². The Kier molecular flexibility index (Phi) is 1.57. The van der Waals surface area contributed by atoms with Gasteiger partial charge >= 0.3 is 0 Å². The minimum absolute atomic E-state index is 0.267. The molecule has 2 heteroatoms. The Morgan fingerprint density at radius 3 is 3.14 bits per heavy atom. The summed E-state index contributed by atoms with van der Waals surface area (Å²) < 4.78 is 5.67. The van der Waals surface area contributed by atoms with Gasteiger partial charge in [0, 0.05) is 18.0 Å². The molecule has 1 saturated heterocycles. The molecule has 0 aromatic heterocycles. The predicted octanol–water partition coefficient (Wildman–Crippen LogP) is 2.24. The van der Waals surface area contributed by atoms with Gasteiger partial charge in [0.05, 0.1) is 6.26 Å². The van der Waals surface area contributed by atoms with E-state index in [-0.39, 0.29) is 5.72 Å². The van der Waals surface area contributed by atoms with Crippen LogP contribution in [0.4, 0.5) is 0 Å². The maximum absolute atomic E-state index is 5.67. The Morgan fingerprint density at radius 2 is 2.36 bits per heavy atom. The molecular weight excluding hydrogens is 174 g/mol. The average molecular weight is 187 g/mol. The van der Waals surface area contributed by atoms with Crippen LogP contribution in [0.15, 0.2) is 48.4 Å². The summed E-state index contributed by atoms with van der Waals surface area (Å²) in [4.78, 5) is 0. The smallest absolute Gasteiger partial charge is 0.199 e. The lowest BCUT2D eigenvalue weighted by Crippen LogP contribution is -2.39. The van der Waals surface area contributed by atoms with E-state index in [4.69, 9.17) is 4.74 Å². The quantitative estimate of drug-likeness (QED) is 0.628. The average Bonchev–Trinajstić information content (AvgIpc) is 2.56. The summed E-state index contributed by atoms with van der Waals surface area (Å²) in [6.45, 7) is 0. The summed E-state index contributed by atoms with van der Waals surface area (Å²) in [5.74, 6) is 0.608. The van der Waals surface area contributed by atoms with Crippen LogP contribution in [0.1, 0.15) is 12.8 Å². The van der Waals surface area contributed by atoms with Gasteiger partial charge in [-0.2, -0.15) is 0 Å². The molecule has 72 valence electrons. The first kappa shape index (κ1) is 7.92. The molecule has 0 radical (unpaired) electrons. The van der Waals surface area contributed by atoms with E-state index in [9.17, 15) is 0 Å². The first-order valence-electron chi connectivity index (χ1n) is 5.05. The van der Waals surface area contributed by atoms with Gasteiger partial charge in [-0.15, -0.1) is 0 Å². The van der Waals surface area contributed by atoms with Crippen LogP contribution in [0.25, 0.3) is 0 Å². The Bertz CT molecular complexity index is 365. The Labute approximate surface area is 83.6 Å². The second kappa shape index (κ2) is 2.77. The Hall–Kier alpha value is -1.44. The minimum atomic E-state index is -0.267. The third-order valence-electron chi connectivity index (χ3n) is 3.01. The highest BCUT2D eigenvalue weighted by atomic mass is 16.5. The third-order valence-corrected chi connectivity index (χ3v) is 3.01. The van der Waals surface area contributed by atoms with Crippen LogP contribution in [0.5, 0.6) is 0 Å². The standard InChI is InChI=1S/C12H13NO/c1-2-6-11-10(5-1)9-12(13-11)7-3-4-8-14-12/h1-4,6-8,10,13H,5,9H2. The fourth-order valence-electron chi connectivity index (χ4n) is 2.32. The van der Waals surface area contributed by atoms with Crippen LogP contribution in [-0.2, 0) is 4.74 Å². The summed E-state index contributed by atoms with van der Waals surface area (Å²) in [6.07, 6.45) is 16.5. The van der Waals surface area contributed by atoms with E-state index in [2.05, 4.69) is 29.6 Å². The van der Waals surface area contributed by atoms with Crippen molar-refractivity contribution >= 4 is 0 Å². The Morgan fingerprint density at radius 1 is 1.36 bits per heavy atom. The molecule has 0 bridgehead atoms. The zero-order chi connectivity index (χ0) is 9.43. The van der Waals surface area contributed by atoms with Gasteiger partial charge in [0.15, 0.2) is 5.72 Å². The number of hydrogen-bond acceptors (Lipinski definition) is 2. The van der Waals surface area contributed by atoms with E-state index in [0.29, 0.717) is 5.92 Å². The van der Waals surface area contributed by atoms with Crippen molar-refractivity contribution in [3.05, 3.63) is 48.4 Å².